The van der Waals surface area contributed by atoms with Gasteiger partial charge in [0, 0.05) is 19.6 Å². The lowest BCUT2D eigenvalue weighted by atomic mass is 10.0. The second-order valence-corrected chi connectivity index (χ2v) is 7.86. The van der Waals surface area contributed by atoms with E-state index in [9.17, 15) is 8.42 Å². The Balaban J connectivity index is 1.76. The SMILES string of the molecule is CS(=O)(=O)O[C@@H](c1ccccc1)[C@H]1CN(Cc2ccccc2)CCO1. The predicted octanol–water partition coefficient (Wildman–Crippen LogP) is 2.60. The first-order valence-corrected chi connectivity index (χ1v) is 10.1. The molecule has 25 heavy (non-hydrogen) atoms. The van der Waals surface area contributed by atoms with Gasteiger partial charge in [0.05, 0.1) is 12.9 Å². The highest BCUT2D eigenvalue weighted by molar-refractivity contribution is 7.86. The van der Waals surface area contributed by atoms with E-state index in [-0.39, 0.29) is 6.10 Å². The summed E-state index contributed by atoms with van der Waals surface area (Å²) in [5, 5.41) is 0. The number of hydrogen-bond donors (Lipinski definition) is 0. The van der Waals surface area contributed by atoms with Gasteiger partial charge in [0.15, 0.2) is 0 Å². The number of morpholine rings is 1. The van der Waals surface area contributed by atoms with E-state index in [1.165, 1.54) is 5.56 Å². The third kappa shape index (κ3) is 5.37. The minimum absolute atomic E-state index is 0.338. The van der Waals surface area contributed by atoms with Crippen molar-refractivity contribution >= 4 is 10.1 Å². The highest BCUT2D eigenvalue weighted by atomic mass is 32.2. The lowest BCUT2D eigenvalue weighted by molar-refractivity contribution is -0.0822. The lowest BCUT2D eigenvalue weighted by Crippen LogP contribution is -2.45. The molecule has 0 unspecified atom stereocenters. The van der Waals surface area contributed by atoms with Gasteiger partial charge in [0.1, 0.15) is 12.2 Å². The Morgan fingerprint density at radius 1 is 1.12 bits per heavy atom. The van der Waals surface area contributed by atoms with Crippen LogP contribution in [0.2, 0.25) is 0 Å². The summed E-state index contributed by atoms with van der Waals surface area (Å²) in [6.45, 7) is 2.78. The maximum Gasteiger partial charge on any atom is 0.265 e. The van der Waals surface area contributed by atoms with Crippen molar-refractivity contribution in [1.29, 1.82) is 0 Å². The summed E-state index contributed by atoms with van der Waals surface area (Å²) in [5.41, 5.74) is 2.03. The van der Waals surface area contributed by atoms with E-state index < -0.39 is 16.2 Å². The first kappa shape index (κ1) is 18.1. The molecule has 1 fully saturated rings. The predicted molar refractivity (Wildman–Crippen MR) is 96.6 cm³/mol. The molecule has 0 saturated carbocycles. The van der Waals surface area contributed by atoms with Crippen molar-refractivity contribution in [2.24, 2.45) is 0 Å². The summed E-state index contributed by atoms with van der Waals surface area (Å²) in [7, 11) is -3.60. The molecule has 0 amide bonds. The quantitative estimate of drug-likeness (QED) is 0.740. The highest BCUT2D eigenvalue weighted by Crippen LogP contribution is 2.28. The summed E-state index contributed by atoms with van der Waals surface area (Å²) in [5.74, 6) is 0. The van der Waals surface area contributed by atoms with Gasteiger partial charge in [0.2, 0.25) is 0 Å². The molecule has 2 aromatic rings. The van der Waals surface area contributed by atoms with Gasteiger partial charge in [-0.15, -0.1) is 0 Å². The van der Waals surface area contributed by atoms with Gasteiger partial charge in [-0.05, 0) is 11.1 Å². The standard InChI is InChI=1S/C19H23NO4S/c1-25(21,22)24-19(17-10-6-3-7-11-17)18-15-20(12-13-23-18)14-16-8-4-2-5-9-16/h2-11,18-19H,12-15H2,1H3/t18-,19+/m1/s1. The van der Waals surface area contributed by atoms with E-state index >= 15 is 0 Å². The summed E-state index contributed by atoms with van der Waals surface area (Å²) in [6.07, 6.45) is 0.0948. The van der Waals surface area contributed by atoms with E-state index in [0.717, 1.165) is 24.9 Å². The fourth-order valence-electron chi connectivity index (χ4n) is 3.06. The van der Waals surface area contributed by atoms with Crippen LogP contribution < -0.4 is 0 Å². The van der Waals surface area contributed by atoms with Crippen LogP contribution in [0.4, 0.5) is 0 Å². The van der Waals surface area contributed by atoms with Crippen LogP contribution >= 0.6 is 0 Å². The number of benzene rings is 2. The first-order chi connectivity index (χ1) is 12.0. The van der Waals surface area contributed by atoms with Crippen LogP contribution in [0.5, 0.6) is 0 Å². The second-order valence-electron chi connectivity index (χ2n) is 6.26. The smallest absolute Gasteiger partial charge is 0.265 e. The average molecular weight is 361 g/mol. The van der Waals surface area contributed by atoms with Gasteiger partial charge < -0.3 is 4.74 Å². The molecule has 1 aliphatic rings. The van der Waals surface area contributed by atoms with Crippen LogP contribution in [0.3, 0.4) is 0 Å². The first-order valence-electron chi connectivity index (χ1n) is 8.32. The van der Waals surface area contributed by atoms with E-state index in [2.05, 4.69) is 17.0 Å². The molecule has 0 spiro atoms. The molecular formula is C19H23NO4S. The second kappa shape index (κ2) is 8.10. The normalized spacial score (nSPS) is 20.3. The van der Waals surface area contributed by atoms with Gasteiger partial charge >= 0.3 is 0 Å². The Morgan fingerprint density at radius 2 is 1.76 bits per heavy atom. The van der Waals surface area contributed by atoms with Crippen molar-refractivity contribution < 1.29 is 17.3 Å². The van der Waals surface area contributed by atoms with Gasteiger partial charge in [-0.1, -0.05) is 60.7 Å². The van der Waals surface area contributed by atoms with Crippen molar-refractivity contribution in [1.82, 2.24) is 4.90 Å². The minimum Gasteiger partial charge on any atom is -0.372 e. The Morgan fingerprint density at radius 3 is 2.40 bits per heavy atom. The number of rotatable bonds is 6. The minimum atomic E-state index is -3.60. The Hall–Kier alpha value is -1.73. The lowest BCUT2D eigenvalue weighted by Gasteiger charge is -2.36. The van der Waals surface area contributed by atoms with E-state index in [4.69, 9.17) is 8.92 Å². The molecule has 1 heterocycles. The van der Waals surface area contributed by atoms with Crippen molar-refractivity contribution in [2.45, 2.75) is 18.8 Å². The zero-order valence-electron chi connectivity index (χ0n) is 14.2. The molecule has 2 atom stereocenters. The molecule has 0 N–H and O–H groups in total. The molecule has 134 valence electrons. The summed E-state index contributed by atoms with van der Waals surface area (Å²) in [4.78, 5) is 2.27. The van der Waals surface area contributed by atoms with Gasteiger partial charge in [0.25, 0.3) is 10.1 Å². The van der Waals surface area contributed by atoms with Crippen molar-refractivity contribution in [3.05, 3.63) is 71.8 Å². The highest BCUT2D eigenvalue weighted by Gasteiger charge is 2.32. The molecule has 3 rings (SSSR count). The number of hydrogen-bond acceptors (Lipinski definition) is 5. The Bertz CT molecular complexity index is 765. The summed E-state index contributed by atoms with van der Waals surface area (Å²) < 4.78 is 34.7. The summed E-state index contributed by atoms with van der Waals surface area (Å²) in [6, 6.07) is 19.6. The van der Waals surface area contributed by atoms with Gasteiger partial charge in [-0.2, -0.15) is 8.42 Å². The fraction of sp³-hybridized carbons (Fsp3) is 0.368. The van der Waals surface area contributed by atoms with Crippen LogP contribution in [-0.4, -0.2) is 45.4 Å². The zero-order valence-corrected chi connectivity index (χ0v) is 15.1. The third-order valence-electron chi connectivity index (χ3n) is 4.17. The topological polar surface area (TPSA) is 55.8 Å². The molecule has 0 aliphatic carbocycles. The molecule has 6 heteroatoms. The molecule has 0 radical (unpaired) electrons. The monoisotopic (exact) mass is 361 g/mol. The van der Waals surface area contributed by atoms with Crippen LogP contribution in [-0.2, 0) is 25.6 Å². The molecule has 1 aliphatic heterocycles. The van der Waals surface area contributed by atoms with Crippen LogP contribution in [0, 0.1) is 0 Å². The van der Waals surface area contributed by atoms with Gasteiger partial charge in [-0.3, -0.25) is 9.08 Å². The van der Waals surface area contributed by atoms with Crippen LogP contribution in [0.1, 0.15) is 17.2 Å². The van der Waals surface area contributed by atoms with E-state index in [1.54, 1.807) is 0 Å². The zero-order chi connectivity index (χ0) is 17.7. The Kier molecular flexibility index (Phi) is 5.86. The fourth-order valence-corrected chi connectivity index (χ4v) is 3.67. The molecule has 0 aromatic heterocycles. The van der Waals surface area contributed by atoms with Crippen LogP contribution in [0.25, 0.3) is 0 Å². The van der Waals surface area contributed by atoms with Gasteiger partial charge in [-0.25, -0.2) is 0 Å². The summed E-state index contributed by atoms with van der Waals surface area (Å²) >= 11 is 0. The largest absolute Gasteiger partial charge is 0.372 e. The average Bonchev–Trinajstić information content (AvgIpc) is 2.61. The molecule has 1 saturated heterocycles. The van der Waals surface area contributed by atoms with Crippen molar-refractivity contribution in [2.75, 3.05) is 26.0 Å². The van der Waals surface area contributed by atoms with E-state index in [0.29, 0.717) is 13.2 Å². The molecular weight excluding hydrogens is 338 g/mol. The molecule has 2 aromatic carbocycles. The third-order valence-corrected chi connectivity index (χ3v) is 4.73. The molecule has 5 nitrogen and oxygen atoms in total. The van der Waals surface area contributed by atoms with Crippen molar-refractivity contribution in [3.8, 4) is 0 Å². The number of nitrogens with zero attached hydrogens (tertiary/aromatic N) is 1. The number of ether oxygens (including phenoxy) is 1. The maximum atomic E-state index is 11.7. The van der Waals surface area contributed by atoms with Crippen molar-refractivity contribution in [3.63, 3.8) is 0 Å². The van der Waals surface area contributed by atoms with Crippen LogP contribution in [0.15, 0.2) is 60.7 Å². The molecule has 0 bridgehead atoms. The maximum absolute atomic E-state index is 11.7. The van der Waals surface area contributed by atoms with E-state index in [1.807, 2.05) is 48.5 Å². The Labute approximate surface area is 149 Å².